The van der Waals surface area contributed by atoms with Crippen LogP contribution in [0.5, 0.6) is 11.5 Å². The maximum Gasteiger partial charge on any atom is 0.352 e. The predicted octanol–water partition coefficient (Wildman–Crippen LogP) is 4.27. The van der Waals surface area contributed by atoms with E-state index in [4.69, 9.17) is 10.6 Å². The van der Waals surface area contributed by atoms with Crippen molar-refractivity contribution >= 4 is 63.6 Å². The van der Waals surface area contributed by atoms with E-state index in [1.54, 1.807) is 18.2 Å². The lowest BCUT2D eigenvalue weighted by Crippen LogP contribution is -2.62. The zero-order chi connectivity index (χ0) is 38.0. The molecular weight excluding hydrogens is 723 g/mol. The number of ketones is 1. The highest BCUT2D eigenvalue weighted by Gasteiger charge is 2.54. The van der Waals surface area contributed by atoms with Gasteiger partial charge in [0, 0.05) is 35.2 Å². The molecular formula is C37H34N5O9S2+. The van der Waals surface area contributed by atoms with E-state index in [0.717, 1.165) is 33.6 Å². The number of phenols is 2. The monoisotopic (exact) mass is 756 g/mol. The summed E-state index contributed by atoms with van der Waals surface area (Å²) in [5.74, 6) is -4.65. The van der Waals surface area contributed by atoms with E-state index in [0.29, 0.717) is 12.1 Å². The second-order valence-electron chi connectivity index (χ2n) is 12.8. The van der Waals surface area contributed by atoms with Gasteiger partial charge in [-0.15, -0.1) is 23.1 Å². The van der Waals surface area contributed by atoms with Crippen LogP contribution in [0.4, 0.5) is 5.13 Å². The minimum atomic E-state index is -1.75. The number of allylic oxidation sites excluding steroid dienone is 1. The molecule has 4 aromatic rings. The van der Waals surface area contributed by atoms with Crippen molar-refractivity contribution < 1.29 is 49.0 Å². The number of aliphatic carboxylic acids is 2. The lowest BCUT2D eigenvalue weighted by Gasteiger charge is -2.49. The highest BCUT2D eigenvalue weighted by atomic mass is 32.2. The van der Waals surface area contributed by atoms with Crippen LogP contribution in [0, 0.1) is 5.92 Å². The minimum absolute atomic E-state index is 0.0760. The van der Waals surface area contributed by atoms with E-state index in [9.17, 15) is 39.6 Å². The quantitative estimate of drug-likeness (QED) is 0.0425. The number of thiazole rings is 1. The molecule has 16 heteroatoms. The van der Waals surface area contributed by atoms with Crippen molar-refractivity contribution in [2.45, 2.75) is 37.8 Å². The zero-order valence-electron chi connectivity index (χ0n) is 28.4. The molecule has 272 valence electrons. The number of Topliss-reactive ketones (excluding diaryl/α,β-unsaturated/α-hetero) is 1. The van der Waals surface area contributed by atoms with Crippen LogP contribution in [-0.4, -0.2) is 76.4 Å². The Bertz CT molecular complexity index is 2190. The Morgan fingerprint density at radius 2 is 1.75 bits per heavy atom. The number of anilines is 1. The van der Waals surface area contributed by atoms with Crippen molar-refractivity contribution in [1.82, 2.24) is 9.88 Å². The van der Waals surface area contributed by atoms with Gasteiger partial charge >= 0.3 is 11.9 Å². The molecule has 1 amide bonds. The number of β-lactam (4-membered cyclic amide) rings is 1. The Balaban J connectivity index is 1.12. The number of pyridine rings is 1. The first-order valence-electron chi connectivity index (χ1n) is 16.2. The van der Waals surface area contributed by atoms with Gasteiger partial charge in [0.05, 0.1) is 11.3 Å². The summed E-state index contributed by atoms with van der Waals surface area (Å²) in [4.78, 5) is 61.2. The Morgan fingerprint density at radius 1 is 1.04 bits per heavy atom. The molecule has 6 rings (SSSR count). The van der Waals surface area contributed by atoms with Gasteiger partial charge in [-0.05, 0) is 48.2 Å². The number of nitrogen functional groups attached to an aromatic ring is 1. The average Bonchev–Trinajstić information content (AvgIpc) is 3.56. The largest absolute Gasteiger partial charge is 0.504 e. The Hall–Kier alpha value is -6.00. The number of aromatic nitrogens is 2. The summed E-state index contributed by atoms with van der Waals surface area (Å²) in [6.45, 7) is 3.12. The second kappa shape index (κ2) is 14.9. The van der Waals surface area contributed by atoms with Crippen molar-refractivity contribution in [3.63, 3.8) is 0 Å². The highest BCUT2D eigenvalue weighted by molar-refractivity contribution is 8.00. The molecule has 2 aliphatic heterocycles. The zero-order valence-corrected chi connectivity index (χ0v) is 30.0. The van der Waals surface area contributed by atoms with Gasteiger partial charge < -0.3 is 31.0 Å². The number of aromatic hydroxyl groups is 2. The molecule has 1 saturated heterocycles. The Kier molecular flexibility index (Phi) is 10.4. The van der Waals surface area contributed by atoms with Gasteiger partial charge in [-0.25, -0.2) is 19.1 Å². The fourth-order valence-corrected chi connectivity index (χ4v) is 7.57. The Morgan fingerprint density at radius 3 is 2.38 bits per heavy atom. The van der Waals surface area contributed by atoms with Gasteiger partial charge in [-0.1, -0.05) is 47.6 Å². The van der Waals surface area contributed by atoms with E-state index in [1.807, 2.05) is 53.4 Å². The van der Waals surface area contributed by atoms with Gasteiger partial charge in [0.1, 0.15) is 11.4 Å². The average molecular weight is 757 g/mol. The van der Waals surface area contributed by atoms with Crippen LogP contribution in [0.1, 0.15) is 37.1 Å². The topological polar surface area (TPSA) is 217 Å². The fraction of sp³-hybridized carbons (Fsp3) is 0.216. The van der Waals surface area contributed by atoms with E-state index in [1.165, 1.54) is 48.0 Å². The summed E-state index contributed by atoms with van der Waals surface area (Å²) in [5, 5.41) is 43.7. The number of thioether (sulfide) groups is 1. The SMILES string of the molecule is CC(C)(O/N=C(\C(=O)C[C@@H]1C(=O)N2C(C(=O)O)=C(/C=C\c3ccc(C[n+]4ccc(-c5ccc(O)c(O)c5)cc4)cc3)CS[C@H]12)c1csc(N)n1)C(=O)O. The van der Waals surface area contributed by atoms with Crippen LogP contribution >= 0.6 is 23.1 Å². The normalized spacial score (nSPS) is 17.4. The number of carbonyl (C=O) groups excluding carboxylic acids is 2. The van der Waals surface area contributed by atoms with E-state index in [2.05, 4.69) is 10.1 Å². The van der Waals surface area contributed by atoms with Crippen LogP contribution in [0.15, 0.2) is 94.9 Å². The number of hydrogen-bond acceptors (Lipinski definition) is 12. The van der Waals surface area contributed by atoms with Crippen molar-refractivity contribution in [3.8, 4) is 22.6 Å². The number of hydrogen-bond donors (Lipinski definition) is 5. The molecule has 2 atom stereocenters. The lowest BCUT2D eigenvalue weighted by molar-refractivity contribution is -0.688. The molecule has 0 bridgehead atoms. The number of rotatable bonds is 13. The van der Waals surface area contributed by atoms with Crippen molar-refractivity contribution in [1.29, 1.82) is 0 Å². The maximum atomic E-state index is 13.4. The van der Waals surface area contributed by atoms with Gasteiger partial charge in [-0.2, -0.15) is 0 Å². The molecule has 6 N–H and O–H groups in total. The predicted molar refractivity (Wildman–Crippen MR) is 197 cm³/mol. The molecule has 2 aliphatic rings. The molecule has 2 aromatic heterocycles. The number of amides is 1. The number of nitrogens with two attached hydrogens (primary N) is 1. The summed E-state index contributed by atoms with van der Waals surface area (Å²) in [6.07, 6.45) is 6.97. The smallest absolute Gasteiger partial charge is 0.352 e. The molecule has 1 fully saturated rings. The van der Waals surface area contributed by atoms with Crippen LogP contribution in [0.2, 0.25) is 0 Å². The second-order valence-corrected chi connectivity index (χ2v) is 14.8. The molecule has 0 radical (unpaired) electrons. The number of phenolic OH excluding ortho intramolecular Hbond substituents is 2. The molecule has 0 aliphatic carbocycles. The summed E-state index contributed by atoms with van der Waals surface area (Å²) in [6, 6.07) is 16.2. The molecule has 0 unspecified atom stereocenters. The van der Waals surface area contributed by atoms with Crippen LogP contribution in [0.3, 0.4) is 0 Å². The molecule has 53 heavy (non-hydrogen) atoms. The van der Waals surface area contributed by atoms with Crippen LogP contribution in [-0.2, 0) is 30.6 Å². The van der Waals surface area contributed by atoms with E-state index < -0.39 is 40.5 Å². The highest BCUT2D eigenvalue weighted by Crippen LogP contribution is 2.45. The molecule has 14 nitrogen and oxygen atoms in total. The van der Waals surface area contributed by atoms with E-state index >= 15 is 0 Å². The molecule has 4 heterocycles. The minimum Gasteiger partial charge on any atom is -0.504 e. The van der Waals surface area contributed by atoms with Gasteiger partial charge in [0.15, 0.2) is 47.1 Å². The molecule has 0 spiro atoms. The first-order valence-corrected chi connectivity index (χ1v) is 18.1. The third-order valence-corrected chi connectivity index (χ3v) is 10.7. The number of carbonyl (C=O) groups is 4. The van der Waals surface area contributed by atoms with E-state index in [-0.39, 0.29) is 45.9 Å². The third-order valence-electron chi connectivity index (χ3n) is 8.65. The number of benzene rings is 2. The fourth-order valence-electron chi connectivity index (χ4n) is 5.64. The van der Waals surface area contributed by atoms with Crippen molar-refractivity contribution in [2.75, 3.05) is 11.5 Å². The van der Waals surface area contributed by atoms with Crippen molar-refractivity contribution in [2.24, 2.45) is 11.1 Å². The summed E-state index contributed by atoms with van der Waals surface area (Å²) < 4.78 is 2.00. The lowest BCUT2D eigenvalue weighted by atomic mass is 9.89. The van der Waals surface area contributed by atoms with Crippen LogP contribution < -0.4 is 10.3 Å². The Labute approximate surface area is 311 Å². The maximum absolute atomic E-state index is 13.4. The number of oxime groups is 1. The summed E-state index contributed by atoms with van der Waals surface area (Å²) >= 11 is 2.39. The van der Waals surface area contributed by atoms with Crippen LogP contribution in [0.25, 0.3) is 17.2 Å². The first kappa shape index (κ1) is 36.8. The first-order chi connectivity index (χ1) is 25.2. The molecule has 0 saturated carbocycles. The standard InChI is InChI=1S/C37H33N5O9S2/c1-37(2,35(49)50)51-40-30(26-19-53-36(38)39-26)29(45)16-25-32(46)42-31(34(47)48)24(18-52-33(25)42)8-7-20-3-5-21(6-4-20)17-41-13-11-22(12-14-41)23-9-10-27(43)28(44)15-23/h3-15,19,25,33H,16-18H2,1-2H3,(H5,38,39,44,47,48,49,50)/p+1/b8-7-,40-30-/t25-,33-/m1/s1. The number of fused-ring (bicyclic) bond motifs is 1. The number of nitrogens with zero attached hydrogens (tertiary/aromatic N) is 4. The molecule has 2 aromatic carbocycles. The van der Waals surface area contributed by atoms with Gasteiger partial charge in [0.25, 0.3) is 0 Å². The van der Waals surface area contributed by atoms with Gasteiger partial charge in [0.2, 0.25) is 11.5 Å². The summed E-state index contributed by atoms with van der Waals surface area (Å²) in [7, 11) is 0. The number of carboxylic acid groups (broad SMARTS) is 2. The summed E-state index contributed by atoms with van der Waals surface area (Å²) in [5.41, 5.74) is 7.59. The third kappa shape index (κ3) is 7.93. The van der Waals surface area contributed by atoms with Crippen molar-refractivity contribution in [3.05, 3.63) is 107 Å². The van der Waals surface area contributed by atoms with Gasteiger partial charge in [-0.3, -0.25) is 14.5 Å². The number of carboxylic acids is 2.